The van der Waals surface area contributed by atoms with Crippen molar-refractivity contribution >= 4 is 5.97 Å². The molecule has 0 bridgehead atoms. The maximum atomic E-state index is 11.3. The lowest BCUT2D eigenvalue weighted by atomic mass is 9.95. The number of hydrogen-bond acceptors (Lipinski definition) is 4. The van der Waals surface area contributed by atoms with E-state index in [2.05, 4.69) is 14.9 Å². The first kappa shape index (κ1) is 16.6. The number of piperidine rings is 1. The Morgan fingerprint density at radius 2 is 2.00 bits per heavy atom. The summed E-state index contributed by atoms with van der Waals surface area (Å²) in [6.45, 7) is 4.92. The van der Waals surface area contributed by atoms with Crippen molar-refractivity contribution in [3.63, 3.8) is 0 Å². The third-order valence-electron chi connectivity index (χ3n) is 4.71. The van der Waals surface area contributed by atoms with Crippen molar-refractivity contribution in [3.05, 3.63) is 59.2 Å². The molecule has 2 heterocycles. The molecule has 3 rings (SSSR count). The van der Waals surface area contributed by atoms with Gasteiger partial charge in [-0.3, -0.25) is 0 Å². The zero-order valence-electron chi connectivity index (χ0n) is 14.0. The molecular formula is C19H23N3O2. The molecule has 5 nitrogen and oxygen atoms in total. The molecule has 1 N–H and O–H groups in total. The zero-order chi connectivity index (χ0) is 16.9. The molecule has 0 amide bonds. The van der Waals surface area contributed by atoms with Crippen LogP contribution in [0.25, 0.3) is 0 Å². The van der Waals surface area contributed by atoms with Crippen LogP contribution in [0.4, 0.5) is 0 Å². The van der Waals surface area contributed by atoms with Gasteiger partial charge in [0.25, 0.3) is 0 Å². The van der Waals surface area contributed by atoms with Gasteiger partial charge in [-0.15, -0.1) is 0 Å². The largest absolute Gasteiger partial charge is 0.478 e. The summed E-state index contributed by atoms with van der Waals surface area (Å²) < 4.78 is 0. The van der Waals surface area contributed by atoms with Crippen molar-refractivity contribution in [2.75, 3.05) is 19.6 Å². The predicted molar refractivity (Wildman–Crippen MR) is 92.3 cm³/mol. The Balaban J connectivity index is 1.54. The highest BCUT2D eigenvalue weighted by Crippen LogP contribution is 2.25. The van der Waals surface area contributed by atoms with Crippen molar-refractivity contribution in [3.8, 4) is 0 Å². The molecule has 126 valence electrons. The first-order chi connectivity index (χ1) is 11.6. The molecule has 1 fully saturated rings. The summed E-state index contributed by atoms with van der Waals surface area (Å²) in [5, 5.41) is 9.26. The molecule has 0 spiro atoms. The molecular weight excluding hydrogens is 302 g/mol. The van der Waals surface area contributed by atoms with Gasteiger partial charge in [0.1, 0.15) is 5.82 Å². The van der Waals surface area contributed by atoms with Crippen LogP contribution in [0.1, 0.15) is 46.2 Å². The summed E-state index contributed by atoms with van der Waals surface area (Å²) in [5.74, 6) is 0.555. The Kier molecular flexibility index (Phi) is 5.20. The monoisotopic (exact) mass is 325 g/mol. The fourth-order valence-corrected chi connectivity index (χ4v) is 3.31. The van der Waals surface area contributed by atoms with Gasteiger partial charge in [0.05, 0.1) is 5.56 Å². The highest BCUT2D eigenvalue weighted by Gasteiger charge is 2.22. The number of carboxylic acids is 1. The second-order valence-electron chi connectivity index (χ2n) is 6.38. The van der Waals surface area contributed by atoms with Gasteiger partial charge in [0.2, 0.25) is 0 Å². The standard InChI is InChI=1S/C19H23N3O2/c1-14-6-10-20-18(21-14)16-8-12-22(13-9-16)11-7-15-4-2-3-5-17(15)19(23)24/h2-6,10,16H,7-9,11-13H2,1H3,(H,23,24). The molecule has 2 aromatic rings. The molecule has 0 unspecified atom stereocenters. The van der Waals surface area contributed by atoms with Crippen LogP contribution in [-0.2, 0) is 6.42 Å². The van der Waals surface area contributed by atoms with E-state index in [4.69, 9.17) is 0 Å². The molecule has 1 aliphatic rings. The summed E-state index contributed by atoms with van der Waals surface area (Å²) in [7, 11) is 0. The smallest absolute Gasteiger partial charge is 0.335 e. The average molecular weight is 325 g/mol. The van der Waals surface area contributed by atoms with E-state index < -0.39 is 5.97 Å². The summed E-state index contributed by atoms with van der Waals surface area (Å²) in [6.07, 6.45) is 4.73. The molecule has 0 atom stereocenters. The third kappa shape index (κ3) is 3.97. The van der Waals surface area contributed by atoms with Gasteiger partial charge in [-0.2, -0.15) is 0 Å². The van der Waals surface area contributed by atoms with E-state index in [1.54, 1.807) is 12.1 Å². The minimum Gasteiger partial charge on any atom is -0.478 e. The normalized spacial score (nSPS) is 16.2. The van der Waals surface area contributed by atoms with E-state index in [-0.39, 0.29) is 0 Å². The van der Waals surface area contributed by atoms with Crippen molar-refractivity contribution in [2.24, 2.45) is 0 Å². The van der Waals surface area contributed by atoms with E-state index in [0.29, 0.717) is 11.5 Å². The number of aromatic nitrogens is 2. The molecule has 1 aromatic heterocycles. The summed E-state index contributed by atoms with van der Waals surface area (Å²) >= 11 is 0. The highest BCUT2D eigenvalue weighted by atomic mass is 16.4. The van der Waals surface area contributed by atoms with Gasteiger partial charge in [-0.1, -0.05) is 18.2 Å². The van der Waals surface area contributed by atoms with Gasteiger partial charge >= 0.3 is 5.97 Å². The second kappa shape index (κ2) is 7.53. The van der Waals surface area contributed by atoms with Crippen molar-refractivity contribution in [1.82, 2.24) is 14.9 Å². The number of nitrogens with zero attached hydrogens (tertiary/aromatic N) is 3. The van der Waals surface area contributed by atoms with Crippen molar-refractivity contribution < 1.29 is 9.90 Å². The molecule has 5 heteroatoms. The first-order valence-corrected chi connectivity index (χ1v) is 8.46. The van der Waals surface area contributed by atoms with E-state index in [1.165, 1.54) is 0 Å². The molecule has 1 aromatic carbocycles. The minimum absolute atomic E-state index is 0.417. The van der Waals surface area contributed by atoms with Gasteiger partial charge in [0.15, 0.2) is 0 Å². The van der Waals surface area contributed by atoms with E-state index in [0.717, 1.165) is 56.0 Å². The van der Waals surface area contributed by atoms with Crippen LogP contribution in [0.2, 0.25) is 0 Å². The lowest BCUT2D eigenvalue weighted by Crippen LogP contribution is -2.35. The maximum Gasteiger partial charge on any atom is 0.335 e. The van der Waals surface area contributed by atoms with E-state index in [9.17, 15) is 9.90 Å². The zero-order valence-corrected chi connectivity index (χ0v) is 14.0. The van der Waals surface area contributed by atoms with Crippen LogP contribution < -0.4 is 0 Å². The SMILES string of the molecule is Cc1ccnc(C2CCN(CCc3ccccc3C(=O)O)CC2)n1. The number of carboxylic acid groups (broad SMARTS) is 1. The van der Waals surface area contributed by atoms with Crippen LogP contribution in [0.5, 0.6) is 0 Å². The number of benzene rings is 1. The fraction of sp³-hybridized carbons (Fsp3) is 0.421. The molecule has 1 saturated heterocycles. The molecule has 0 radical (unpaired) electrons. The topological polar surface area (TPSA) is 66.3 Å². The Hall–Kier alpha value is -2.27. The number of aromatic carboxylic acids is 1. The number of carbonyl (C=O) groups is 1. The number of hydrogen-bond donors (Lipinski definition) is 1. The molecule has 24 heavy (non-hydrogen) atoms. The van der Waals surface area contributed by atoms with Crippen molar-refractivity contribution in [1.29, 1.82) is 0 Å². The molecule has 1 aliphatic heterocycles. The van der Waals surface area contributed by atoms with Gasteiger partial charge < -0.3 is 10.0 Å². The summed E-state index contributed by atoms with van der Waals surface area (Å²) in [5.41, 5.74) is 2.35. The maximum absolute atomic E-state index is 11.3. The van der Waals surface area contributed by atoms with Gasteiger partial charge in [-0.25, -0.2) is 14.8 Å². The van der Waals surface area contributed by atoms with Crippen molar-refractivity contribution in [2.45, 2.75) is 32.1 Å². The Morgan fingerprint density at radius 3 is 2.71 bits per heavy atom. The molecule has 0 saturated carbocycles. The van der Waals surface area contributed by atoms with Crippen LogP contribution in [0.15, 0.2) is 36.5 Å². The number of aryl methyl sites for hydroxylation is 1. The second-order valence-corrected chi connectivity index (χ2v) is 6.38. The van der Waals surface area contributed by atoms with E-state index in [1.807, 2.05) is 31.3 Å². The molecule has 0 aliphatic carbocycles. The highest BCUT2D eigenvalue weighted by molar-refractivity contribution is 5.89. The Bertz CT molecular complexity index is 709. The average Bonchev–Trinajstić information content (AvgIpc) is 2.60. The van der Waals surface area contributed by atoms with Crippen LogP contribution in [0.3, 0.4) is 0 Å². The number of rotatable bonds is 5. The fourth-order valence-electron chi connectivity index (χ4n) is 3.31. The number of likely N-dealkylation sites (tertiary alicyclic amines) is 1. The van der Waals surface area contributed by atoms with E-state index >= 15 is 0 Å². The minimum atomic E-state index is -0.846. The lowest BCUT2D eigenvalue weighted by Gasteiger charge is -2.31. The van der Waals surface area contributed by atoms with Gasteiger partial charge in [0, 0.05) is 24.4 Å². The lowest BCUT2D eigenvalue weighted by molar-refractivity contribution is 0.0695. The quantitative estimate of drug-likeness (QED) is 0.915. The third-order valence-corrected chi connectivity index (χ3v) is 4.71. The summed E-state index contributed by atoms with van der Waals surface area (Å²) in [4.78, 5) is 22.6. The van der Waals surface area contributed by atoms with Crippen LogP contribution in [0, 0.1) is 6.92 Å². The van der Waals surface area contributed by atoms with Crippen LogP contribution in [-0.4, -0.2) is 45.6 Å². The van der Waals surface area contributed by atoms with Gasteiger partial charge in [-0.05, 0) is 57.0 Å². The first-order valence-electron chi connectivity index (χ1n) is 8.46. The predicted octanol–water partition coefficient (Wildman–Crippen LogP) is 2.91. The Labute approximate surface area is 142 Å². The Morgan fingerprint density at radius 1 is 1.25 bits per heavy atom. The van der Waals surface area contributed by atoms with Crippen LogP contribution >= 0.6 is 0 Å². The summed E-state index contributed by atoms with van der Waals surface area (Å²) in [6, 6.07) is 9.21.